The Kier molecular flexibility index (Phi) is 6.26. The van der Waals surface area contributed by atoms with Crippen molar-refractivity contribution in [1.29, 1.82) is 0 Å². The predicted molar refractivity (Wildman–Crippen MR) is 115 cm³/mol. The molecule has 11 heteroatoms. The molecule has 1 amide bonds. The minimum atomic E-state index is -3.85. The van der Waals surface area contributed by atoms with E-state index in [-0.39, 0.29) is 16.3 Å². The van der Waals surface area contributed by atoms with Gasteiger partial charge in [-0.3, -0.25) is 4.79 Å². The number of anilines is 1. The molecule has 1 heterocycles. The Balaban J connectivity index is 1.79. The number of rotatable bonds is 6. The largest absolute Gasteiger partial charge is 0.311 e. The fourth-order valence-electron chi connectivity index (χ4n) is 3.16. The first-order valence-corrected chi connectivity index (χ1v) is 12.3. The summed E-state index contributed by atoms with van der Waals surface area (Å²) in [6, 6.07) is 10.3. The smallest absolute Gasteiger partial charge is 0.243 e. The Labute approximate surface area is 181 Å². The van der Waals surface area contributed by atoms with Crippen molar-refractivity contribution in [3.63, 3.8) is 0 Å². The van der Waals surface area contributed by atoms with E-state index in [2.05, 4.69) is 0 Å². The Morgan fingerprint density at radius 2 is 1.57 bits per heavy atom. The highest BCUT2D eigenvalue weighted by Gasteiger charge is 2.30. The quantitative estimate of drug-likeness (QED) is 0.640. The van der Waals surface area contributed by atoms with Crippen LogP contribution in [0.3, 0.4) is 0 Å². The predicted octanol–water partition coefficient (Wildman–Crippen LogP) is 1.80. The number of nitrogens with zero attached hydrogens (tertiary/aromatic N) is 3. The molecular formula is C19H22ClN3O5S2. The Bertz CT molecular complexity index is 1180. The third-order valence-electron chi connectivity index (χ3n) is 4.91. The van der Waals surface area contributed by atoms with Gasteiger partial charge in [0.2, 0.25) is 26.0 Å². The van der Waals surface area contributed by atoms with Gasteiger partial charge in [0.15, 0.2) is 0 Å². The number of halogens is 1. The van der Waals surface area contributed by atoms with Crippen LogP contribution in [0.15, 0.2) is 52.3 Å². The minimum Gasteiger partial charge on any atom is -0.311 e. The maximum atomic E-state index is 12.8. The van der Waals surface area contributed by atoms with Crippen LogP contribution in [0.25, 0.3) is 0 Å². The molecule has 0 fully saturated rings. The number of amides is 1. The van der Waals surface area contributed by atoms with Gasteiger partial charge in [0.1, 0.15) is 0 Å². The van der Waals surface area contributed by atoms with Crippen molar-refractivity contribution in [3.8, 4) is 0 Å². The monoisotopic (exact) mass is 471 g/mol. The Morgan fingerprint density at radius 1 is 0.967 bits per heavy atom. The minimum absolute atomic E-state index is 0.0440. The molecule has 0 atom stereocenters. The lowest BCUT2D eigenvalue weighted by Gasteiger charge is -2.22. The topological polar surface area (TPSA) is 95.1 Å². The van der Waals surface area contributed by atoms with E-state index in [9.17, 15) is 21.6 Å². The van der Waals surface area contributed by atoms with E-state index in [0.717, 1.165) is 14.2 Å². The zero-order valence-electron chi connectivity index (χ0n) is 16.7. The number of fused-ring (bicyclic) bond motifs is 1. The second kappa shape index (κ2) is 8.27. The molecule has 0 saturated heterocycles. The maximum absolute atomic E-state index is 12.8. The molecule has 162 valence electrons. The fourth-order valence-corrected chi connectivity index (χ4v) is 5.35. The molecule has 0 radical (unpaired) electrons. The lowest BCUT2D eigenvalue weighted by Crippen LogP contribution is -2.40. The van der Waals surface area contributed by atoms with Crippen molar-refractivity contribution in [1.82, 2.24) is 8.61 Å². The zero-order chi connectivity index (χ0) is 22.3. The van der Waals surface area contributed by atoms with Gasteiger partial charge in [-0.25, -0.2) is 21.1 Å². The molecule has 2 aromatic rings. The molecule has 0 N–H and O–H groups in total. The van der Waals surface area contributed by atoms with Gasteiger partial charge in [0.25, 0.3) is 0 Å². The van der Waals surface area contributed by atoms with Gasteiger partial charge >= 0.3 is 0 Å². The zero-order valence-corrected chi connectivity index (χ0v) is 19.1. The summed E-state index contributed by atoms with van der Waals surface area (Å²) in [5.74, 6) is -0.392. The Hall–Kier alpha value is -1.98. The number of hydrogen-bond acceptors (Lipinski definition) is 5. The molecule has 2 aromatic carbocycles. The number of hydrogen-bond donors (Lipinski definition) is 0. The molecule has 1 aliphatic rings. The first kappa shape index (κ1) is 22.7. The average Bonchev–Trinajstić information content (AvgIpc) is 3.11. The van der Waals surface area contributed by atoms with Crippen molar-refractivity contribution in [3.05, 3.63) is 53.1 Å². The standard InChI is InChI=1S/C19H22ClN3O5S2/c1-21(2)29(25,26)17-8-9-18-14(12-17)10-11-23(18)19(24)13-22(3)30(27,28)16-6-4-15(20)5-7-16/h4-9,12H,10-11,13H2,1-3H3. The van der Waals surface area contributed by atoms with Crippen LogP contribution >= 0.6 is 11.6 Å². The van der Waals surface area contributed by atoms with Crippen LogP contribution < -0.4 is 4.90 Å². The molecular weight excluding hydrogens is 450 g/mol. The van der Waals surface area contributed by atoms with Crippen LogP contribution in [0.5, 0.6) is 0 Å². The number of carbonyl (C=O) groups is 1. The molecule has 30 heavy (non-hydrogen) atoms. The third-order valence-corrected chi connectivity index (χ3v) is 8.79. The number of likely N-dealkylation sites (N-methyl/N-ethyl adjacent to an activating group) is 1. The van der Waals surface area contributed by atoms with Crippen LogP contribution in [0, 0.1) is 0 Å². The molecule has 8 nitrogen and oxygen atoms in total. The summed E-state index contributed by atoms with van der Waals surface area (Å²) < 4.78 is 52.2. The van der Waals surface area contributed by atoms with E-state index in [0.29, 0.717) is 23.7 Å². The Morgan fingerprint density at radius 3 is 2.17 bits per heavy atom. The summed E-state index contributed by atoms with van der Waals surface area (Å²) >= 11 is 5.81. The van der Waals surface area contributed by atoms with Crippen molar-refractivity contribution < 1.29 is 21.6 Å². The van der Waals surface area contributed by atoms with Gasteiger partial charge < -0.3 is 4.90 Å². The number of carbonyl (C=O) groups excluding carboxylic acids is 1. The van der Waals surface area contributed by atoms with Gasteiger partial charge in [-0.05, 0) is 54.4 Å². The first-order valence-electron chi connectivity index (χ1n) is 9.02. The van der Waals surface area contributed by atoms with Gasteiger partial charge in [-0.15, -0.1) is 0 Å². The van der Waals surface area contributed by atoms with E-state index < -0.39 is 26.0 Å². The fraction of sp³-hybridized carbons (Fsp3) is 0.316. The number of benzene rings is 2. The van der Waals surface area contributed by atoms with Gasteiger partial charge in [-0.2, -0.15) is 4.31 Å². The molecule has 3 rings (SSSR count). The summed E-state index contributed by atoms with van der Waals surface area (Å²) in [4.78, 5) is 14.5. The highest BCUT2D eigenvalue weighted by atomic mass is 35.5. The second-order valence-electron chi connectivity index (χ2n) is 7.09. The maximum Gasteiger partial charge on any atom is 0.243 e. The SMILES string of the molecule is CN(C)S(=O)(=O)c1ccc2c(c1)CCN2C(=O)CN(C)S(=O)(=O)c1ccc(Cl)cc1. The molecule has 0 spiro atoms. The average molecular weight is 472 g/mol. The van der Waals surface area contributed by atoms with Crippen molar-refractivity contribution in [2.45, 2.75) is 16.2 Å². The van der Waals surface area contributed by atoms with E-state index in [1.165, 1.54) is 56.4 Å². The lowest BCUT2D eigenvalue weighted by atomic mass is 10.2. The van der Waals surface area contributed by atoms with E-state index in [1.807, 2.05) is 0 Å². The van der Waals surface area contributed by atoms with Crippen LogP contribution in [-0.2, 0) is 31.3 Å². The van der Waals surface area contributed by atoms with Crippen molar-refractivity contribution in [2.75, 3.05) is 39.1 Å². The molecule has 0 saturated carbocycles. The summed E-state index contributed by atoms with van der Waals surface area (Å²) in [7, 11) is -3.18. The van der Waals surface area contributed by atoms with Crippen molar-refractivity contribution >= 4 is 43.2 Å². The van der Waals surface area contributed by atoms with E-state index >= 15 is 0 Å². The first-order chi connectivity index (χ1) is 13.9. The summed E-state index contributed by atoms with van der Waals surface area (Å²) in [5.41, 5.74) is 1.32. The van der Waals surface area contributed by atoms with Crippen LogP contribution in [0.2, 0.25) is 5.02 Å². The highest BCUT2D eigenvalue weighted by Crippen LogP contribution is 2.31. The van der Waals surface area contributed by atoms with E-state index in [4.69, 9.17) is 11.6 Å². The van der Waals surface area contributed by atoms with Gasteiger partial charge in [0, 0.05) is 38.4 Å². The molecule has 0 aromatic heterocycles. The third kappa shape index (κ3) is 4.23. The van der Waals surface area contributed by atoms with Crippen LogP contribution in [-0.4, -0.2) is 65.6 Å². The summed E-state index contributed by atoms with van der Waals surface area (Å²) in [5, 5.41) is 0.414. The highest BCUT2D eigenvalue weighted by molar-refractivity contribution is 7.89. The van der Waals surface area contributed by atoms with Crippen molar-refractivity contribution in [2.24, 2.45) is 0 Å². The summed E-state index contributed by atoms with van der Waals surface area (Å²) in [6.07, 6.45) is 0.492. The van der Waals surface area contributed by atoms with Crippen LogP contribution in [0.1, 0.15) is 5.56 Å². The van der Waals surface area contributed by atoms with Gasteiger partial charge in [-0.1, -0.05) is 11.6 Å². The van der Waals surface area contributed by atoms with E-state index in [1.54, 1.807) is 12.1 Å². The van der Waals surface area contributed by atoms with Gasteiger partial charge in [0.05, 0.1) is 16.3 Å². The molecule has 1 aliphatic heterocycles. The molecule has 0 aliphatic carbocycles. The normalized spacial score (nSPS) is 14.4. The molecule has 0 bridgehead atoms. The number of sulfonamides is 2. The second-order valence-corrected chi connectivity index (χ2v) is 11.7. The summed E-state index contributed by atoms with van der Waals surface area (Å²) in [6.45, 7) is 0.0105. The van der Waals surface area contributed by atoms with Crippen LogP contribution in [0.4, 0.5) is 5.69 Å². The molecule has 0 unspecified atom stereocenters. The lowest BCUT2D eigenvalue weighted by molar-refractivity contribution is -0.118.